The number of hydrogen-bond donors (Lipinski definition) is 1. The molecule has 0 radical (unpaired) electrons. The van der Waals surface area contributed by atoms with Gasteiger partial charge in [-0.1, -0.05) is 30.3 Å². The smallest absolute Gasteiger partial charge is 0.257 e. The lowest BCUT2D eigenvalue weighted by atomic mass is 9.70. The molecule has 1 N–H and O–H groups in total. The van der Waals surface area contributed by atoms with E-state index in [2.05, 4.69) is 22.0 Å². The molecule has 2 aliphatic rings. The molecule has 3 heterocycles. The van der Waals surface area contributed by atoms with Crippen LogP contribution in [0.4, 0.5) is 0 Å². The average Bonchev–Trinajstić information content (AvgIpc) is 3.24. The zero-order valence-corrected chi connectivity index (χ0v) is 15.8. The van der Waals surface area contributed by atoms with Crippen molar-refractivity contribution in [1.82, 2.24) is 9.88 Å². The molecule has 136 valence electrons. The summed E-state index contributed by atoms with van der Waals surface area (Å²) in [6.45, 7) is 0.120. The van der Waals surface area contributed by atoms with Crippen LogP contribution in [0.2, 0.25) is 0 Å². The highest BCUT2D eigenvalue weighted by molar-refractivity contribution is 7.98. The van der Waals surface area contributed by atoms with Gasteiger partial charge in [0.05, 0.1) is 12.2 Å². The number of nitrogens with zero attached hydrogens (tertiary/aromatic N) is 2. The highest BCUT2D eigenvalue weighted by Crippen LogP contribution is 2.52. The first-order valence-corrected chi connectivity index (χ1v) is 10.4. The predicted octanol–water partition coefficient (Wildman–Crippen LogP) is 3.40. The van der Waals surface area contributed by atoms with Crippen molar-refractivity contribution < 1.29 is 9.90 Å². The van der Waals surface area contributed by atoms with E-state index < -0.39 is 0 Å². The third-order valence-corrected chi connectivity index (χ3v) is 6.71. The van der Waals surface area contributed by atoms with Gasteiger partial charge in [0, 0.05) is 23.7 Å². The van der Waals surface area contributed by atoms with Crippen molar-refractivity contribution in [1.29, 1.82) is 0 Å². The summed E-state index contributed by atoms with van der Waals surface area (Å²) in [6, 6.07) is 14.3. The molecule has 1 amide bonds. The molecule has 0 unspecified atom stereocenters. The summed E-state index contributed by atoms with van der Waals surface area (Å²) in [7, 11) is 0. The number of aliphatic hydroxyl groups excluding tert-OH is 1. The van der Waals surface area contributed by atoms with Gasteiger partial charge >= 0.3 is 0 Å². The Balaban J connectivity index is 1.64. The zero-order chi connectivity index (χ0) is 18.1. The normalized spacial score (nSPS) is 27.1. The van der Waals surface area contributed by atoms with Crippen molar-refractivity contribution in [3.05, 3.63) is 59.8 Å². The van der Waals surface area contributed by atoms with Gasteiger partial charge in [-0.2, -0.15) is 0 Å². The number of aliphatic hydroxyl groups is 1. The van der Waals surface area contributed by atoms with Crippen molar-refractivity contribution in [3.63, 3.8) is 0 Å². The third-order valence-electron chi connectivity index (χ3n) is 5.99. The molecule has 0 aliphatic carbocycles. The van der Waals surface area contributed by atoms with E-state index in [-0.39, 0.29) is 30.0 Å². The summed E-state index contributed by atoms with van der Waals surface area (Å²) in [6.07, 6.45) is 7.38. The van der Waals surface area contributed by atoms with E-state index in [1.165, 1.54) is 17.3 Å². The molecular weight excluding hydrogens is 344 g/mol. The Hall–Kier alpha value is -1.85. The molecule has 1 aromatic heterocycles. The summed E-state index contributed by atoms with van der Waals surface area (Å²) >= 11 is 1.51. The standard InChI is InChI=1S/C21H24N2O2S/c1-26-19-17(8-5-11-22-19)20(25)23-16-9-10-18(23)21(13-16,14-24)12-15-6-3-2-4-7-15/h2-8,11,16,18,24H,9-10,12-14H2,1H3/t16-,18+,21-/m0/s1. The second-order valence-electron chi connectivity index (χ2n) is 7.41. The molecule has 4 rings (SSSR count). The van der Waals surface area contributed by atoms with Crippen LogP contribution in [-0.2, 0) is 6.42 Å². The molecule has 2 bridgehead atoms. The first-order chi connectivity index (χ1) is 12.7. The van der Waals surface area contributed by atoms with Gasteiger partial charge < -0.3 is 10.0 Å². The summed E-state index contributed by atoms with van der Waals surface area (Å²) in [4.78, 5) is 19.7. The quantitative estimate of drug-likeness (QED) is 0.822. The van der Waals surface area contributed by atoms with Gasteiger partial charge in [0.1, 0.15) is 5.03 Å². The first-order valence-electron chi connectivity index (χ1n) is 9.15. The first kappa shape index (κ1) is 17.6. The molecule has 4 nitrogen and oxygen atoms in total. The molecule has 0 saturated carbocycles. The molecule has 2 aliphatic heterocycles. The molecule has 1 aromatic carbocycles. The number of aromatic nitrogens is 1. The summed E-state index contributed by atoms with van der Waals surface area (Å²) < 4.78 is 0. The van der Waals surface area contributed by atoms with Gasteiger partial charge in [-0.05, 0) is 49.6 Å². The van der Waals surface area contributed by atoms with Crippen LogP contribution in [0.15, 0.2) is 53.7 Å². The van der Waals surface area contributed by atoms with Crippen LogP contribution in [-0.4, -0.2) is 45.8 Å². The summed E-state index contributed by atoms with van der Waals surface area (Å²) in [5.74, 6) is 0.0679. The monoisotopic (exact) mass is 368 g/mol. The van der Waals surface area contributed by atoms with Crippen molar-refractivity contribution in [2.45, 2.75) is 42.8 Å². The molecule has 2 aromatic rings. The maximum absolute atomic E-state index is 13.3. The lowest BCUT2D eigenvalue weighted by molar-refractivity contribution is 0.0568. The molecule has 2 saturated heterocycles. The Morgan fingerprint density at radius 3 is 2.81 bits per heavy atom. The minimum Gasteiger partial charge on any atom is -0.396 e. The number of benzene rings is 1. The Kier molecular flexibility index (Phi) is 4.76. The minimum atomic E-state index is -0.234. The lowest BCUT2D eigenvalue weighted by Crippen LogP contribution is -2.44. The Labute approximate surface area is 158 Å². The van der Waals surface area contributed by atoms with Crippen molar-refractivity contribution in [3.8, 4) is 0 Å². The van der Waals surface area contributed by atoms with E-state index in [1.807, 2.05) is 36.6 Å². The van der Waals surface area contributed by atoms with E-state index in [0.29, 0.717) is 5.56 Å². The number of fused-ring (bicyclic) bond motifs is 2. The van der Waals surface area contributed by atoms with Crippen molar-refractivity contribution >= 4 is 17.7 Å². The highest BCUT2D eigenvalue weighted by atomic mass is 32.2. The van der Waals surface area contributed by atoms with Crippen LogP contribution in [0.1, 0.15) is 35.2 Å². The fraction of sp³-hybridized carbons (Fsp3) is 0.429. The maximum atomic E-state index is 13.3. The number of carbonyl (C=O) groups is 1. The Bertz CT molecular complexity index is 798. The second-order valence-corrected chi connectivity index (χ2v) is 8.20. The molecule has 0 spiro atoms. The topological polar surface area (TPSA) is 53.4 Å². The predicted molar refractivity (Wildman–Crippen MR) is 103 cm³/mol. The van der Waals surface area contributed by atoms with Crippen LogP contribution in [0.25, 0.3) is 0 Å². The van der Waals surface area contributed by atoms with Crippen LogP contribution in [0.5, 0.6) is 0 Å². The minimum absolute atomic E-state index is 0.0679. The second kappa shape index (κ2) is 7.05. The number of carbonyl (C=O) groups excluding carboxylic acids is 1. The number of pyridine rings is 1. The molecule has 3 atom stereocenters. The largest absolute Gasteiger partial charge is 0.396 e. The molecule has 2 fully saturated rings. The fourth-order valence-corrected chi connectivity index (χ4v) is 5.41. The van der Waals surface area contributed by atoms with Gasteiger partial charge in [-0.25, -0.2) is 4.98 Å². The maximum Gasteiger partial charge on any atom is 0.257 e. The number of thioether (sulfide) groups is 1. The van der Waals surface area contributed by atoms with Gasteiger partial charge in [0.25, 0.3) is 5.91 Å². The van der Waals surface area contributed by atoms with Crippen LogP contribution < -0.4 is 0 Å². The SMILES string of the molecule is CSc1ncccc1C(=O)N1[C@H]2CC[C@@H]1[C@@](CO)(Cc1ccccc1)C2. The highest BCUT2D eigenvalue weighted by Gasteiger charge is 2.57. The van der Waals surface area contributed by atoms with Gasteiger partial charge in [0.15, 0.2) is 0 Å². The van der Waals surface area contributed by atoms with Crippen LogP contribution in [0, 0.1) is 5.41 Å². The van der Waals surface area contributed by atoms with Crippen molar-refractivity contribution in [2.24, 2.45) is 5.41 Å². The Morgan fingerprint density at radius 1 is 1.27 bits per heavy atom. The van der Waals surface area contributed by atoms with Crippen LogP contribution in [0.3, 0.4) is 0 Å². The number of hydrogen-bond acceptors (Lipinski definition) is 4. The Morgan fingerprint density at radius 2 is 2.08 bits per heavy atom. The van der Waals surface area contributed by atoms with E-state index >= 15 is 0 Å². The van der Waals surface area contributed by atoms with Gasteiger partial charge in [-0.15, -0.1) is 11.8 Å². The third kappa shape index (κ3) is 2.83. The van der Waals surface area contributed by atoms with Crippen molar-refractivity contribution in [2.75, 3.05) is 12.9 Å². The van der Waals surface area contributed by atoms with Crippen LogP contribution >= 0.6 is 11.8 Å². The zero-order valence-electron chi connectivity index (χ0n) is 15.0. The average molecular weight is 369 g/mol. The fourth-order valence-electron chi connectivity index (χ4n) is 4.87. The van der Waals surface area contributed by atoms with E-state index in [9.17, 15) is 9.90 Å². The van der Waals surface area contributed by atoms with E-state index in [4.69, 9.17) is 0 Å². The molecular formula is C21H24N2O2S. The van der Waals surface area contributed by atoms with Gasteiger partial charge in [-0.3, -0.25) is 4.79 Å². The van der Waals surface area contributed by atoms with E-state index in [0.717, 1.165) is 30.7 Å². The molecule has 5 heteroatoms. The summed E-state index contributed by atoms with van der Waals surface area (Å²) in [5, 5.41) is 11.1. The summed E-state index contributed by atoms with van der Waals surface area (Å²) in [5.41, 5.74) is 1.68. The van der Waals surface area contributed by atoms with Gasteiger partial charge in [0.2, 0.25) is 0 Å². The molecule has 26 heavy (non-hydrogen) atoms. The van der Waals surface area contributed by atoms with E-state index in [1.54, 1.807) is 6.20 Å². The lowest BCUT2D eigenvalue weighted by Gasteiger charge is -2.36. The number of rotatable bonds is 5. The number of amides is 1.